The Labute approximate surface area is 325 Å². The molecule has 1 spiro atoms. The molecular weight excluding hydrogens is 667 g/mol. The molecule has 0 fully saturated rings. The minimum absolute atomic E-state index is 0.0187. The second kappa shape index (κ2) is 10.9. The summed E-state index contributed by atoms with van der Waals surface area (Å²) in [5, 5.41) is 0. The zero-order chi connectivity index (χ0) is 37.5. The summed E-state index contributed by atoms with van der Waals surface area (Å²) < 4.78 is 6.82. The number of hydrogen-bond donors (Lipinski definition) is 0. The molecule has 0 N–H and O–H groups in total. The van der Waals surface area contributed by atoms with Gasteiger partial charge in [0, 0.05) is 39.0 Å². The second-order valence-electron chi connectivity index (χ2n) is 17.9. The van der Waals surface area contributed by atoms with Crippen LogP contribution < -0.4 is 9.64 Å². The van der Waals surface area contributed by atoms with E-state index in [1.54, 1.807) is 0 Å². The molecule has 1 atom stereocenters. The van der Waals surface area contributed by atoms with Crippen molar-refractivity contribution in [3.05, 3.63) is 196 Å². The number of benzene rings is 7. The monoisotopic (exact) mass is 711 g/mol. The SMILES string of the molecule is CC1(C)CC2(c3ccccc3Oc3ccc(N(c4ccc5c(c4)C(C)(C)c4ccccc4-5)c4ccc5c(c4)C(C)(C)c4ccccc4-5)cc32)c2ccccc21. The molecular formula is C53H45NO. The van der Waals surface area contributed by atoms with E-state index in [-0.39, 0.29) is 21.7 Å². The van der Waals surface area contributed by atoms with Gasteiger partial charge in [-0.1, -0.05) is 145 Å². The summed E-state index contributed by atoms with van der Waals surface area (Å²) in [6.45, 7) is 14.3. The molecule has 1 unspecified atom stereocenters. The zero-order valence-corrected chi connectivity index (χ0v) is 32.5. The summed E-state index contributed by atoms with van der Waals surface area (Å²) in [5.41, 5.74) is 19.0. The predicted octanol–water partition coefficient (Wildman–Crippen LogP) is 13.9. The molecule has 1 aliphatic heterocycles. The Hall–Kier alpha value is -5.86. The van der Waals surface area contributed by atoms with Gasteiger partial charge in [0.15, 0.2) is 0 Å². The van der Waals surface area contributed by atoms with Crippen molar-refractivity contribution < 1.29 is 4.74 Å². The van der Waals surface area contributed by atoms with Gasteiger partial charge in [-0.25, -0.2) is 0 Å². The first kappa shape index (κ1) is 32.6. The van der Waals surface area contributed by atoms with Crippen LogP contribution in [0.2, 0.25) is 0 Å². The van der Waals surface area contributed by atoms with Crippen molar-refractivity contribution >= 4 is 17.1 Å². The van der Waals surface area contributed by atoms with Crippen molar-refractivity contribution in [2.24, 2.45) is 0 Å². The molecule has 268 valence electrons. The first-order valence-electron chi connectivity index (χ1n) is 19.8. The van der Waals surface area contributed by atoms with Gasteiger partial charge in [0.25, 0.3) is 0 Å². The van der Waals surface area contributed by atoms with Crippen LogP contribution in [-0.4, -0.2) is 0 Å². The van der Waals surface area contributed by atoms with Crippen LogP contribution in [0.4, 0.5) is 17.1 Å². The average molecular weight is 712 g/mol. The third-order valence-electron chi connectivity index (χ3n) is 13.7. The Morgan fingerprint density at radius 2 is 0.800 bits per heavy atom. The van der Waals surface area contributed by atoms with E-state index < -0.39 is 0 Å². The van der Waals surface area contributed by atoms with Gasteiger partial charge in [0.05, 0.1) is 5.41 Å². The fourth-order valence-electron chi connectivity index (χ4n) is 11.1. The topological polar surface area (TPSA) is 12.5 Å². The molecule has 0 amide bonds. The minimum atomic E-state index is -0.352. The first-order chi connectivity index (χ1) is 26.5. The Morgan fingerprint density at radius 3 is 1.38 bits per heavy atom. The Kier molecular flexibility index (Phi) is 6.44. The third-order valence-corrected chi connectivity index (χ3v) is 13.7. The molecule has 0 radical (unpaired) electrons. The van der Waals surface area contributed by atoms with Gasteiger partial charge in [-0.15, -0.1) is 0 Å². The van der Waals surface area contributed by atoms with E-state index in [0.29, 0.717) is 0 Å². The molecule has 2 heteroatoms. The number of fused-ring (bicyclic) bond motifs is 12. The lowest BCUT2D eigenvalue weighted by Gasteiger charge is -2.40. The second-order valence-corrected chi connectivity index (χ2v) is 17.9. The van der Waals surface area contributed by atoms with E-state index in [1.807, 2.05) is 0 Å². The van der Waals surface area contributed by atoms with Crippen LogP contribution in [0, 0.1) is 0 Å². The quantitative estimate of drug-likeness (QED) is 0.181. The zero-order valence-electron chi connectivity index (χ0n) is 32.5. The lowest BCUT2D eigenvalue weighted by atomic mass is 9.67. The highest BCUT2D eigenvalue weighted by molar-refractivity contribution is 5.89. The van der Waals surface area contributed by atoms with Crippen LogP contribution in [-0.2, 0) is 21.7 Å². The van der Waals surface area contributed by atoms with E-state index in [9.17, 15) is 0 Å². The van der Waals surface area contributed by atoms with Gasteiger partial charge < -0.3 is 9.64 Å². The van der Waals surface area contributed by atoms with Crippen LogP contribution >= 0.6 is 0 Å². The Balaban J connectivity index is 1.16. The molecule has 55 heavy (non-hydrogen) atoms. The van der Waals surface area contributed by atoms with Crippen LogP contribution in [0.5, 0.6) is 11.5 Å². The van der Waals surface area contributed by atoms with Crippen LogP contribution in [0.1, 0.15) is 92.5 Å². The molecule has 0 aromatic heterocycles. The number of rotatable bonds is 3. The number of anilines is 3. The summed E-state index contributed by atoms with van der Waals surface area (Å²) in [4.78, 5) is 2.50. The summed E-state index contributed by atoms with van der Waals surface area (Å²) in [6, 6.07) is 56.9. The van der Waals surface area contributed by atoms with Crippen molar-refractivity contribution in [2.75, 3.05) is 4.90 Å². The number of ether oxygens (including phenoxy) is 1. The van der Waals surface area contributed by atoms with E-state index in [1.165, 1.54) is 66.8 Å². The maximum atomic E-state index is 6.82. The van der Waals surface area contributed by atoms with E-state index in [4.69, 9.17) is 4.74 Å². The van der Waals surface area contributed by atoms with E-state index in [2.05, 4.69) is 198 Å². The summed E-state index contributed by atoms with van der Waals surface area (Å²) in [6.07, 6.45) is 0.965. The number of para-hydroxylation sites is 1. The molecule has 2 nitrogen and oxygen atoms in total. The van der Waals surface area contributed by atoms with Gasteiger partial charge in [-0.05, 0) is 116 Å². The lowest BCUT2D eigenvalue weighted by molar-refractivity contribution is 0.382. The molecule has 4 aliphatic rings. The first-order valence-corrected chi connectivity index (χ1v) is 19.8. The largest absolute Gasteiger partial charge is 0.457 e. The molecule has 7 aromatic carbocycles. The highest BCUT2D eigenvalue weighted by Gasteiger charge is 2.54. The maximum absolute atomic E-state index is 6.82. The highest BCUT2D eigenvalue weighted by atomic mass is 16.5. The Morgan fingerprint density at radius 1 is 0.382 bits per heavy atom. The smallest absolute Gasteiger partial charge is 0.132 e. The minimum Gasteiger partial charge on any atom is -0.457 e. The van der Waals surface area contributed by atoms with Crippen molar-refractivity contribution in [1.29, 1.82) is 0 Å². The van der Waals surface area contributed by atoms with Gasteiger partial charge in [0.2, 0.25) is 0 Å². The van der Waals surface area contributed by atoms with Crippen LogP contribution in [0.3, 0.4) is 0 Å². The van der Waals surface area contributed by atoms with Crippen LogP contribution in [0.15, 0.2) is 152 Å². The highest BCUT2D eigenvalue weighted by Crippen LogP contribution is 2.63. The number of nitrogens with zero attached hydrogens (tertiary/aromatic N) is 1. The summed E-state index contributed by atoms with van der Waals surface area (Å²) in [7, 11) is 0. The number of hydrogen-bond acceptors (Lipinski definition) is 2. The lowest BCUT2D eigenvalue weighted by Crippen LogP contribution is -2.32. The molecule has 0 bridgehead atoms. The van der Waals surface area contributed by atoms with Gasteiger partial charge >= 0.3 is 0 Å². The van der Waals surface area contributed by atoms with Gasteiger partial charge in [-0.2, -0.15) is 0 Å². The molecule has 0 saturated heterocycles. The van der Waals surface area contributed by atoms with Crippen molar-refractivity contribution in [3.8, 4) is 33.8 Å². The maximum Gasteiger partial charge on any atom is 0.132 e. The average Bonchev–Trinajstić information content (AvgIpc) is 3.68. The third kappa shape index (κ3) is 4.26. The van der Waals surface area contributed by atoms with Crippen molar-refractivity contribution in [1.82, 2.24) is 0 Å². The fraction of sp³-hybridized carbons (Fsp3) is 0.208. The molecule has 11 rings (SSSR count). The fourth-order valence-corrected chi connectivity index (χ4v) is 11.1. The predicted molar refractivity (Wildman–Crippen MR) is 227 cm³/mol. The molecule has 7 aromatic rings. The van der Waals surface area contributed by atoms with Crippen molar-refractivity contribution in [3.63, 3.8) is 0 Å². The van der Waals surface area contributed by atoms with Crippen molar-refractivity contribution in [2.45, 2.75) is 69.6 Å². The van der Waals surface area contributed by atoms with E-state index >= 15 is 0 Å². The summed E-state index contributed by atoms with van der Waals surface area (Å²) >= 11 is 0. The normalized spacial score (nSPS) is 19.3. The summed E-state index contributed by atoms with van der Waals surface area (Å²) in [5.74, 6) is 1.89. The molecule has 3 aliphatic carbocycles. The standard InChI is InChI=1S/C53H45NO/c1-50(2)32-53(43-20-12-11-19-42(43)50)44-21-13-14-22-48(44)55-49-28-25-35(31-47(49)53)54(33-23-26-38-36-15-7-9-17-40(36)51(3,4)45(38)29-33)34-24-27-39-37-16-8-10-18-41(37)52(5,6)46(39)30-34/h7-31H,32H2,1-6H3. The molecule has 0 saturated carbocycles. The molecule has 1 heterocycles. The van der Waals surface area contributed by atoms with Gasteiger partial charge in [-0.3, -0.25) is 0 Å². The van der Waals surface area contributed by atoms with Crippen LogP contribution in [0.25, 0.3) is 22.3 Å². The van der Waals surface area contributed by atoms with E-state index in [0.717, 1.165) is 35.0 Å². The Bertz CT molecular complexity index is 2660. The van der Waals surface area contributed by atoms with Gasteiger partial charge in [0.1, 0.15) is 11.5 Å².